The van der Waals surface area contributed by atoms with Crippen LogP contribution in [0.1, 0.15) is 12.0 Å². The Balaban J connectivity index is 1.66. The van der Waals surface area contributed by atoms with E-state index in [-0.39, 0.29) is 10.9 Å². The first kappa shape index (κ1) is 17.7. The van der Waals surface area contributed by atoms with Gasteiger partial charge in [0.05, 0.1) is 10.5 Å². The molecule has 1 aliphatic heterocycles. The molecule has 1 aromatic carbocycles. The SMILES string of the molecule is O=S(=O)(N[C@H]1CCN(c2ccc(C(F)(F)F)cn2)C1)c1ccccc1. The predicted octanol–water partition coefficient (Wildman–Crippen LogP) is 2.66. The van der Waals surface area contributed by atoms with Gasteiger partial charge >= 0.3 is 6.18 Å². The maximum Gasteiger partial charge on any atom is 0.417 e. The molecule has 0 aliphatic carbocycles. The molecule has 25 heavy (non-hydrogen) atoms. The summed E-state index contributed by atoms with van der Waals surface area (Å²) in [6, 6.07) is 9.98. The molecule has 1 fully saturated rings. The number of aromatic nitrogens is 1. The van der Waals surface area contributed by atoms with Crippen LogP contribution in [0, 0.1) is 0 Å². The molecule has 0 amide bonds. The van der Waals surface area contributed by atoms with Crippen molar-refractivity contribution in [3.05, 3.63) is 54.2 Å². The predicted molar refractivity (Wildman–Crippen MR) is 86.6 cm³/mol. The standard InChI is InChI=1S/C16H16F3N3O2S/c17-16(18,19)12-6-7-15(20-10-12)22-9-8-13(11-22)21-25(23,24)14-4-2-1-3-5-14/h1-7,10,13,21H,8-9,11H2/t13-/m0/s1. The largest absolute Gasteiger partial charge is 0.417 e. The minimum absolute atomic E-state index is 0.182. The molecule has 1 saturated heterocycles. The maximum absolute atomic E-state index is 12.6. The molecule has 1 N–H and O–H groups in total. The number of pyridine rings is 1. The molecule has 3 rings (SSSR count). The number of nitrogens with zero attached hydrogens (tertiary/aromatic N) is 2. The van der Waals surface area contributed by atoms with Crippen LogP contribution in [0.25, 0.3) is 0 Å². The second-order valence-electron chi connectivity index (χ2n) is 5.77. The first-order valence-electron chi connectivity index (χ1n) is 7.61. The van der Waals surface area contributed by atoms with E-state index in [1.165, 1.54) is 18.2 Å². The van der Waals surface area contributed by atoms with Crippen LogP contribution in [-0.4, -0.2) is 32.5 Å². The Kier molecular flexibility index (Phi) is 4.70. The summed E-state index contributed by atoms with van der Waals surface area (Å²) in [4.78, 5) is 5.79. The molecule has 0 unspecified atom stereocenters. The summed E-state index contributed by atoms with van der Waals surface area (Å²) in [6.45, 7) is 0.866. The van der Waals surface area contributed by atoms with Crippen molar-refractivity contribution in [2.75, 3.05) is 18.0 Å². The lowest BCUT2D eigenvalue weighted by atomic mass is 10.3. The van der Waals surface area contributed by atoms with Crippen molar-refractivity contribution in [2.24, 2.45) is 0 Å². The Morgan fingerprint density at radius 1 is 1.12 bits per heavy atom. The summed E-state index contributed by atoms with van der Waals surface area (Å²) < 4.78 is 65.0. The molecule has 134 valence electrons. The highest BCUT2D eigenvalue weighted by Gasteiger charge is 2.32. The van der Waals surface area contributed by atoms with Crippen LogP contribution in [0.5, 0.6) is 0 Å². The number of nitrogens with one attached hydrogen (secondary N) is 1. The van der Waals surface area contributed by atoms with Crippen molar-refractivity contribution >= 4 is 15.8 Å². The normalized spacial score (nSPS) is 18.5. The summed E-state index contributed by atoms with van der Waals surface area (Å²) >= 11 is 0. The summed E-state index contributed by atoms with van der Waals surface area (Å²) in [6.07, 6.45) is -3.09. The van der Waals surface area contributed by atoms with Crippen LogP contribution in [0.3, 0.4) is 0 Å². The minimum Gasteiger partial charge on any atom is -0.355 e. The van der Waals surface area contributed by atoms with Gasteiger partial charge in [0.1, 0.15) is 5.82 Å². The summed E-state index contributed by atoms with van der Waals surface area (Å²) in [5.74, 6) is 0.398. The van der Waals surface area contributed by atoms with Gasteiger partial charge in [-0.1, -0.05) is 18.2 Å². The third kappa shape index (κ3) is 4.10. The molecule has 2 aromatic rings. The Morgan fingerprint density at radius 3 is 2.44 bits per heavy atom. The number of rotatable bonds is 4. The van der Waals surface area contributed by atoms with Gasteiger partial charge < -0.3 is 4.90 Å². The van der Waals surface area contributed by atoms with Crippen molar-refractivity contribution in [2.45, 2.75) is 23.5 Å². The highest BCUT2D eigenvalue weighted by atomic mass is 32.2. The van der Waals surface area contributed by atoms with Gasteiger partial charge in [-0.3, -0.25) is 0 Å². The molecule has 9 heteroatoms. The van der Waals surface area contributed by atoms with Gasteiger partial charge in [-0.2, -0.15) is 13.2 Å². The molecule has 0 radical (unpaired) electrons. The molecule has 0 spiro atoms. The van der Waals surface area contributed by atoms with E-state index in [0.717, 1.165) is 12.3 Å². The van der Waals surface area contributed by atoms with Crippen molar-refractivity contribution in [1.82, 2.24) is 9.71 Å². The molecule has 1 atom stereocenters. The zero-order valence-electron chi connectivity index (χ0n) is 13.1. The van der Waals surface area contributed by atoms with Crippen LogP contribution in [0.2, 0.25) is 0 Å². The number of alkyl halides is 3. The van der Waals surface area contributed by atoms with Gasteiger partial charge in [0.25, 0.3) is 0 Å². The lowest BCUT2D eigenvalue weighted by Gasteiger charge is -2.18. The maximum atomic E-state index is 12.6. The summed E-state index contributed by atoms with van der Waals surface area (Å²) in [7, 11) is -3.62. The lowest BCUT2D eigenvalue weighted by molar-refractivity contribution is -0.137. The fourth-order valence-corrected chi connectivity index (χ4v) is 3.98. The molecule has 0 bridgehead atoms. The van der Waals surface area contributed by atoms with Crippen LogP contribution in [0.15, 0.2) is 53.6 Å². The van der Waals surface area contributed by atoms with Gasteiger partial charge in [0.2, 0.25) is 10.0 Å². The van der Waals surface area contributed by atoms with Crippen LogP contribution >= 0.6 is 0 Å². The fourth-order valence-electron chi connectivity index (χ4n) is 2.69. The van der Waals surface area contributed by atoms with Gasteiger partial charge in [0, 0.05) is 25.3 Å². The van der Waals surface area contributed by atoms with Gasteiger partial charge in [-0.05, 0) is 30.7 Å². The van der Waals surface area contributed by atoms with E-state index < -0.39 is 21.8 Å². The topological polar surface area (TPSA) is 62.3 Å². The Labute approximate surface area is 143 Å². The lowest BCUT2D eigenvalue weighted by Crippen LogP contribution is -2.37. The van der Waals surface area contributed by atoms with Gasteiger partial charge in [-0.15, -0.1) is 0 Å². The van der Waals surface area contributed by atoms with E-state index in [2.05, 4.69) is 9.71 Å². The molecule has 5 nitrogen and oxygen atoms in total. The average molecular weight is 371 g/mol. The second kappa shape index (κ2) is 6.64. The zero-order chi connectivity index (χ0) is 18.1. The molecular formula is C16H16F3N3O2S. The quantitative estimate of drug-likeness (QED) is 0.898. The summed E-state index contributed by atoms with van der Waals surface area (Å²) in [5.41, 5.74) is -0.809. The molecule has 1 aliphatic rings. The van der Waals surface area contributed by atoms with Crippen molar-refractivity contribution in [3.63, 3.8) is 0 Å². The molecule has 0 saturated carbocycles. The number of halogens is 3. The number of sulfonamides is 1. The van der Waals surface area contributed by atoms with Crippen LogP contribution in [0.4, 0.5) is 19.0 Å². The highest BCUT2D eigenvalue weighted by Crippen LogP contribution is 2.30. The first-order valence-corrected chi connectivity index (χ1v) is 9.09. The second-order valence-corrected chi connectivity index (χ2v) is 7.48. The van der Waals surface area contributed by atoms with E-state index in [1.807, 2.05) is 0 Å². The van der Waals surface area contributed by atoms with E-state index in [4.69, 9.17) is 0 Å². The summed E-state index contributed by atoms with van der Waals surface area (Å²) in [5, 5.41) is 0. The molecular weight excluding hydrogens is 355 g/mol. The molecule has 2 heterocycles. The molecule has 1 aromatic heterocycles. The minimum atomic E-state index is -4.43. The third-order valence-electron chi connectivity index (χ3n) is 3.96. The van der Waals surface area contributed by atoms with Gasteiger partial charge in [0.15, 0.2) is 0 Å². The van der Waals surface area contributed by atoms with Crippen LogP contribution < -0.4 is 9.62 Å². The fraction of sp³-hybridized carbons (Fsp3) is 0.312. The van der Waals surface area contributed by atoms with Crippen LogP contribution in [-0.2, 0) is 16.2 Å². The monoisotopic (exact) mass is 371 g/mol. The number of benzene rings is 1. The Hall–Kier alpha value is -2.13. The zero-order valence-corrected chi connectivity index (χ0v) is 13.9. The number of hydrogen-bond donors (Lipinski definition) is 1. The van der Waals surface area contributed by atoms with Crippen molar-refractivity contribution in [3.8, 4) is 0 Å². The highest BCUT2D eigenvalue weighted by molar-refractivity contribution is 7.89. The van der Waals surface area contributed by atoms with E-state index in [0.29, 0.717) is 25.3 Å². The van der Waals surface area contributed by atoms with E-state index >= 15 is 0 Å². The van der Waals surface area contributed by atoms with E-state index in [1.54, 1.807) is 23.1 Å². The first-order chi connectivity index (χ1) is 11.8. The van der Waals surface area contributed by atoms with Crippen molar-refractivity contribution < 1.29 is 21.6 Å². The Bertz CT molecular complexity index is 824. The third-order valence-corrected chi connectivity index (χ3v) is 5.50. The average Bonchev–Trinajstić information content (AvgIpc) is 3.03. The van der Waals surface area contributed by atoms with E-state index in [9.17, 15) is 21.6 Å². The number of hydrogen-bond acceptors (Lipinski definition) is 4. The smallest absolute Gasteiger partial charge is 0.355 e. The van der Waals surface area contributed by atoms with Gasteiger partial charge in [-0.25, -0.2) is 18.1 Å². The van der Waals surface area contributed by atoms with Crippen molar-refractivity contribution in [1.29, 1.82) is 0 Å². The number of anilines is 1. The Morgan fingerprint density at radius 2 is 1.84 bits per heavy atom.